The number of imidazole rings is 1. The first-order chi connectivity index (χ1) is 21.2. The molecule has 0 bridgehead atoms. The molecule has 0 aliphatic heterocycles. The van der Waals surface area contributed by atoms with Crippen molar-refractivity contribution in [3.8, 4) is 0 Å². The van der Waals surface area contributed by atoms with Gasteiger partial charge in [0.1, 0.15) is 11.1 Å². The third-order valence-corrected chi connectivity index (χ3v) is 8.68. The van der Waals surface area contributed by atoms with Gasteiger partial charge in [-0.3, -0.25) is 8.87 Å². The predicted octanol–water partition coefficient (Wildman–Crippen LogP) is 8.46. The highest BCUT2D eigenvalue weighted by Gasteiger charge is 2.38. The van der Waals surface area contributed by atoms with Crippen molar-refractivity contribution < 1.29 is 4.79 Å². The minimum atomic E-state index is -0.498. The highest BCUT2D eigenvalue weighted by atomic mass is 32.2. The van der Waals surface area contributed by atoms with Crippen molar-refractivity contribution in [1.82, 2.24) is 14.3 Å². The number of hydrogen-bond donors (Lipinski definition) is 1. The summed E-state index contributed by atoms with van der Waals surface area (Å²) in [4.78, 5) is 19.8. The first-order valence-corrected chi connectivity index (χ1v) is 15.1. The zero-order chi connectivity index (χ0) is 29.3. The van der Waals surface area contributed by atoms with Gasteiger partial charge in [0, 0.05) is 19.2 Å². The Kier molecular flexibility index (Phi) is 8.66. The van der Waals surface area contributed by atoms with Crippen LogP contribution in [0.4, 0.5) is 16.2 Å². The zero-order valence-corrected chi connectivity index (χ0v) is 24.5. The fourth-order valence-corrected chi connectivity index (χ4v) is 6.58. The molecule has 0 unspecified atom stereocenters. The monoisotopic (exact) mass is 580 g/mol. The Hall–Kier alpha value is -5.07. The van der Waals surface area contributed by atoms with Crippen LogP contribution in [0.1, 0.15) is 22.4 Å². The van der Waals surface area contributed by atoms with Crippen molar-refractivity contribution in [2.24, 2.45) is 0 Å². The molecule has 0 aliphatic rings. The molecule has 6 aromatic rings. The van der Waals surface area contributed by atoms with Gasteiger partial charge >= 0.3 is 6.03 Å². The number of benzene rings is 5. The van der Waals surface area contributed by atoms with Crippen LogP contribution >= 0.6 is 11.9 Å². The summed E-state index contributed by atoms with van der Waals surface area (Å²) < 4.78 is 1.59. The average Bonchev–Trinajstić information content (AvgIpc) is 3.53. The Balaban J connectivity index is 1.23. The molecule has 0 aliphatic carbocycles. The molecule has 1 heterocycles. The summed E-state index contributed by atoms with van der Waals surface area (Å²) >= 11 is 1.71. The summed E-state index contributed by atoms with van der Waals surface area (Å²) in [7, 11) is 0. The van der Waals surface area contributed by atoms with E-state index in [4.69, 9.17) is 4.98 Å². The molecule has 0 saturated heterocycles. The highest BCUT2D eigenvalue weighted by Crippen LogP contribution is 2.48. The fourth-order valence-electron chi connectivity index (χ4n) is 5.27. The Bertz CT molecular complexity index is 1590. The van der Waals surface area contributed by atoms with Crippen LogP contribution in [0.2, 0.25) is 0 Å². The number of nitrogens with zero attached hydrogens (tertiary/aromatic N) is 3. The van der Waals surface area contributed by atoms with Crippen LogP contribution in [-0.2, 0) is 11.2 Å². The Labute approximate surface area is 257 Å². The quantitative estimate of drug-likeness (QED) is 0.165. The summed E-state index contributed by atoms with van der Waals surface area (Å²) in [5.41, 5.74) is 6.07. The largest absolute Gasteiger partial charge is 0.337 e. The van der Waals surface area contributed by atoms with E-state index in [0.717, 1.165) is 17.1 Å². The van der Waals surface area contributed by atoms with Crippen LogP contribution in [0, 0.1) is 0 Å². The van der Waals surface area contributed by atoms with Crippen molar-refractivity contribution in [1.29, 1.82) is 0 Å². The Morgan fingerprint density at radius 2 is 1.07 bits per heavy atom. The number of amides is 2. The summed E-state index contributed by atoms with van der Waals surface area (Å²) in [5, 5.41) is 3.09. The van der Waals surface area contributed by atoms with Crippen LogP contribution in [0.15, 0.2) is 164 Å². The number of carbonyl (C=O) groups is 1. The molecule has 0 atom stereocenters. The van der Waals surface area contributed by atoms with Crippen LogP contribution < -0.4 is 10.2 Å². The first kappa shape index (κ1) is 28.1. The van der Waals surface area contributed by atoms with E-state index in [1.54, 1.807) is 16.8 Å². The number of anilines is 2. The third kappa shape index (κ3) is 6.25. The summed E-state index contributed by atoms with van der Waals surface area (Å²) in [6.45, 7) is 0.456. The second kappa shape index (κ2) is 13.3. The lowest BCUT2D eigenvalue weighted by Crippen LogP contribution is -2.37. The maximum absolute atomic E-state index is 13.4. The van der Waals surface area contributed by atoms with Gasteiger partial charge in [-0.05, 0) is 52.9 Å². The second-order valence-electron chi connectivity index (χ2n) is 10.1. The van der Waals surface area contributed by atoms with E-state index in [1.807, 2.05) is 67.0 Å². The van der Waals surface area contributed by atoms with E-state index in [9.17, 15) is 4.79 Å². The predicted molar refractivity (Wildman–Crippen MR) is 177 cm³/mol. The zero-order valence-electron chi connectivity index (χ0n) is 23.7. The van der Waals surface area contributed by atoms with E-state index in [-0.39, 0.29) is 6.03 Å². The topological polar surface area (TPSA) is 50.2 Å². The van der Waals surface area contributed by atoms with Gasteiger partial charge < -0.3 is 5.32 Å². The molecule has 0 radical (unpaired) electrons. The Morgan fingerprint density at radius 3 is 1.51 bits per heavy atom. The van der Waals surface area contributed by atoms with E-state index in [2.05, 4.69) is 106 Å². The SMILES string of the molecule is O=C(NCCc1cn(SC(c2ccccc2)(c2ccccc2)c2ccccc2)cn1)N(c1ccccc1)c1ccccc1. The lowest BCUT2D eigenvalue weighted by Gasteiger charge is -2.35. The fraction of sp³-hybridized carbons (Fsp3) is 0.0811. The van der Waals surface area contributed by atoms with E-state index in [1.165, 1.54) is 16.7 Å². The van der Waals surface area contributed by atoms with Crippen molar-refractivity contribution in [3.05, 3.63) is 187 Å². The first-order valence-electron chi connectivity index (χ1n) is 14.3. The standard InChI is InChI=1S/C37H32N4OS/c42-36(41(34-22-12-4-13-23-34)35-24-14-5-15-25-35)38-27-26-33-28-40(29-39-33)43-37(30-16-6-1-7-17-30,31-18-8-2-9-19-31)32-20-10-3-11-21-32/h1-25,28-29H,26-27H2,(H,38,42). The Morgan fingerprint density at radius 1 is 0.651 bits per heavy atom. The van der Waals surface area contributed by atoms with Crippen molar-refractivity contribution in [2.45, 2.75) is 11.2 Å². The molecule has 0 saturated carbocycles. The maximum Gasteiger partial charge on any atom is 0.326 e. The average molecular weight is 581 g/mol. The van der Waals surface area contributed by atoms with Gasteiger partial charge in [-0.2, -0.15) is 0 Å². The minimum Gasteiger partial charge on any atom is -0.337 e. The number of rotatable bonds is 10. The second-order valence-corrected chi connectivity index (χ2v) is 11.3. The van der Waals surface area contributed by atoms with Gasteiger partial charge in [0.15, 0.2) is 0 Å². The van der Waals surface area contributed by atoms with Gasteiger partial charge in [-0.25, -0.2) is 9.78 Å². The lowest BCUT2D eigenvalue weighted by molar-refractivity contribution is 0.248. The van der Waals surface area contributed by atoms with Gasteiger partial charge in [0.05, 0.1) is 17.1 Å². The number of urea groups is 1. The van der Waals surface area contributed by atoms with E-state index in [0.29, 0.717) is 13.0 Å². The smallest absolute Gasteiger partial charge is 0.326 e. The summed E-state index contributed by atoms with van der Waals surface area (Å²) in [6, 6.07) is 51.0. The van der Waals surface area contributed by atoms with Gasteiger partial charge in [0.2, 0.25) is 0 Å². The molecule has 1 aromatic heterocycles. The third-order valence-electron chi connectivity index (χ3n) is 7.29. The summed E-state index contributed by atoms with van der Waals surface area (Å²) in [5.74, 6) is 0. The normalized spacial score (nSPS) is 11.2. The molecular formula is C37H32N4OS. The summed E-state index contributed by atoms with van der Waals surface area (Å²) in [6.07, 6.45) is 4.53. The van der Waals surface area contributed by atoms with Gasteiger partial charge in [-0.15, -0.1) is 0 Å². The van der Waals surface area contributed by atoms with Gasteiger partial charge in [-0.1, -0.05) is 127 Å². The highest BCUT2D eigenvalue weighted by molar-refractivity contribution is 7.99. The number of aromatic nitrogens is 2. The van der Waals surface area contributed by atoms with Crippen molar-refractivity contribution in [2.75, 3.05) is 11.4 Å². The van der Waals surface area contributed by atoms with E-state index >= 15 is 0 Å². The van der Waals surface area contributed by atoms with Crippen molar-refractivity contribution >= 4 is 29.4 Å². The number of carbonyl (C=O) groups excluding carboxylic acids is 1. The number of nitrogens with one attached hydrogen (secondary N) is 1. The molecule has 2 amide bonds. The minimum absolute atomic E-state index is 0.178. The molecule has 6 heteroatoms. The van der Waals surface area contributed by atoms with Crippen LogP contribution in [0.25, 0.3) is 0 Å². The molecule has 212 valence electrons. The molecular weight excluding hydrogens is 549 g/mol. The maximum atomic E-state index is 13.4. The number of para-hydroxylation sites is 2. The molecule has 5 nitrogen and oxygen atoms in total. The molecule has 0 spiro atoms. The van der Waals surface area contributed by atoms with Crippen LogP contribution in [0.5, 0.6) is 0 Å². The molecule has 6 rings (SSSR count). The molecule has 0 fully saturated rings. The van der Waals surface area contributed by atoms with Gasteiger partial charge in [0.25, 0.3) is 0 Å². The van der Waals surface area contributed by atoms with Crippen molar-refractivity contribution in [3.63, 3.8) is 0 Å². The lowest BCUT2D eigenvalue weighted by atomic mass is 9.84. The molecule has 1 N–H and O–H groups in total. The van der Waals surface area contributed by atoms with Crippen LogP contribution in [0.3, 0.4) is 0 Å². The van der Waals surface area contributed by atoms with Crippen LogP contribution in [-0.4, -0.2) is 21.5 Å². The molecule has 43 heavy (non-hydrogen) atoms. The van der Waals surface area contributed by atoms with E-state index < -0.39 is 4.75 Å². The molecule has 5 aromatic carbocycles. The number of hydrogen-bond acceptors (Lipinski definition) is 3.